The second-order valence-electron chi connectivity index (χ2n) is 5.03. The number of phenolic OH excluding ortho intramolecular Hbond substituents is 1. The minimum atomic E-state index is -0.430. The molecule has 3 rings (SSSR count). The molecule has 3 aromatic rings. The van der Waals surface area contributed by atoms with Crippen LogP contribution in [0.5, 0.6) is 11.5 Å². The second-order valence-corrected chi connectivity index (χ2v) is 5.95. The fraction of sp³-hybridized carbons (Fsp3) is 0.0625. The van der Waals surface area contributed by atoms with Crippen LogP contribution in [0.15, 0.2) is 58.4 Å². The van der Waals surface area contributed by atoms with Gasteiger partial charge < -0.3 is 9.84 Å². The van der Waals surface area contributed by atoms with Gasteiger partial charge in [-0.15, -0.1) is 5.10 Å². The molecule has 1 heterocycles. The summed E-state index contributed by atoms with van der Waals surface area (Å²) in [6.45, 7) is -0.202. The van der Waals surface area contributed by atoms with Crippen LogP contribution in [0.2, 0.25) is 0 Å². The molecule has 26 heavy (non-hydrogen) atoms. The number of hydrogen-bond acceptors (Lipinski definition) is 7. The molecule has 0 aliphatic rings. The number of tetrazole rings is 1. The number of halogens is 1. The number of nitrogens with zero attached hydrogens (tertiary/aromatic N) is 5. The molecular formula is C16H13BrN6O3. The fourth-order valence-electron chi connectivity index (χ4n) is 1.96. The van der Waals surface area contributed by atoms with Crippen molar-refractivity contribution in [3.05, 3.63) is 58.8 Å². The first-order valence-corrected chi connectivity index (χ1v) is 8.18. The van der Waals surface area contributed by atoms with E-state index >= 15 is 0 Å². The summed E-state index contributed by atoms with van der Waals surface area (Å²) in [5.74, 6) is 0.149. The highest BCUT2D eigenvalue weighted by Crippen LogP contribution is 2.20. The van der Waals surface area contributed by atoms with E-state index in [1.54, 1.807) is 36.4 Å². The maximum absolute atomic E-state index is 11.8. The zero-order valence-corrected chi connectivity index (χ0v) is 14.9. The SMILES string of the molecule is O=C(COc1ccc(-n2cnnn2)cc1)N/N=C/c1cc(Br)ccc1O. The van der Waals surface area contributed by atoms with Gasteiger partial charge in [0.25, 0.3) is 5.91 Å². The summed E-state index contributed by atoms with van der Waals surface area (Å²) in [6.07, 6.45) is 2.82. The second kappa shape index (κ2) is 8.21. The number of rotatable bonds is 6. The van der Waals surface area contributed by atoms with E-state index in [9.17, 15) is 9.90 Å². The summed E-state index contributed by atoms with van der Waals surface area (Å²) in [5, 5.41) is 24.4. The van der Waals surface area contributed by atoms with Crippen molar-refractivity contribution in [2.24, 2.45) is 5.10 Å². The number of phenols is 1. The Balaban J connectivity index is 1.49. The summed E-state index contributed by atoms with van der Waals surface area (Å²) in [5.41, 5.74) is 3.57. The van der Waals surface area contributed by atoms with Gasteiger partial charge in [0, 0.05) is 10.0 Å². The Morgan fingerprint density at radius 2 is 2.12 bits per heavy atom. The van der Waals surface area contributed by atoms with Crippen LogP contribution in [0, 0.1) is 0 Å². The van der Waals surface area contributed by atoms with Crippen LogP contribution in [0.25, 0.3) is 5.69 Å². The molecule has 0 spiro atoms. The molecular weight excluding hydrogens is 404 g/mol. The molecule has 2 aromatic carbocycles. The van der Waals surface area contributed by atoms with E-state index in [0.717, 1.165) is 10.2 Å². The van der Waals surface area contributed by atoms with Gasteiger partial charge in [-0.1, -0.05) is 15.9 Å². The summed E-state index contributed by atoms with van der Waals surface area (Å²) in [7, 11) is 0. The maximum Gasteiger partial charge on any atom is 0.277 e. The van der Waals surface area contributed by atoms with E-state index in [1.807, 2.05) is 0 Å². The van der Waals surface area contributed by atoms with Gasteiger partial charge in [-0.2, -0.15) is 5.10 Å². The van der Waals surface area contributed by atoms with Gasteiger partial charge in [0.2, 0.25) is 0 Å². The van der Waals surface area contributed by atoms with E-state index in [2.05, 4.69) is 42.0 Å². The molecule has 132 valence electrons. The Bertz CT molecular complexity index is 912. The van der Waals surface area contributed by atoms with E-state index < -0.39 is 5.91 Å². The van der Waals surface area contributed by atoms with Crippen molar-refractivity contribution in [2.75, 3.05) is 6.61 Å². The highest BCUT2D eigenvalue weighted by atomic mass is 79.9. The smallest absolute Gasteiger partial charge is 0.277 e. The predicted molar refractivity (Wildman–Crippen MR) is 96.2 cm³/mol. The fourth-order valence-corrected chi connectivity index (χ4v) is 2.34. The molecule has 9 nitrogen and oxygen atoms in total. The minimum Gasteiger partial charge on any atom is -0.507 e. The number of amides is 1. The van der Waals surface area contributed by atoms with Crippen molar-refractivity contribution in [3.8, 4) is 17.2 Å². The first-order chi connectivity index (χ1) is 12.6. The first-order valence-electron chi connectivity index (χ1n) is 7.38. The van der Waals surface area contributed by atoms with Crippen LogP contribution >= 0.6 is 15.9 Å². The van der Waals surface area contributed by atoms with E-state index in [0.29, 0.717) is 11.3 Å². The number of aromatic hydroxyl groups is 1. The number of hydrazone groups is 1. The number of carbonyl (C=O) groups excluding carboxylic acids is 1. The summed E-state index contributed by atoms with van der Waals surface area (Å²) in [6, 6.07) is 11.8. The molecule has 10 heteroatoms. The Labute approximate surface area is 156 Å². The number of hydrogen-bond donors (Lipinski definition) is 2. The number of aromatic nitrogens is 4. The summed E-state index contributed by atoms with van der Waals surface area (Å²) < 4.78 is 7.67. The third-order valence-corrected chi connectivity index (χ3v) is 3.70. The molecule has 1 aromatic heterocycles. The molecule has 0 aliphatic carbocycles. The normalized spacial score (nSPS) is 10.8. The van der Waals surface area contributed by atoms with Gasteiger partial charge in [0.15, 0.2) is 6.61 Å². The lowest BCUT2D eigenvalue weighted by molar-refractivity contribution is -0.123. The number of benzene rings is 2. The van der Waals surface area contributed by atoms with Crippen LogP contribution in [0.1, 0.15) is 5.56 Å². The lowest BCUT2D eigenvalue weighted by Crippen LogP contribution is -2.24. The van der Waals surface area contributed by atoms with E-state index in [4.69, 9.17) is 4.74 Å². The number of ether oxygens (including phenoxy) is 1. The lowest BCUT2D eigenvalue weighted by Gasteiger charge is -2.06. The third-order valence-electron chi connectivity index (χ3n) is 3.20. The van der Waals surface area contributed by atoms with Crippen LogP contribution in [0.3, 0.4) is 0 Å². The summed E-state index contributed by atoms with van der Waals surface area (Å²) >= 11 is 3.29. The molecule has 0 radical (unpaired) electrons. The largest absolute Gasteiger partial charge is 0.507 e. The average Bonchev–Trinajstić information content (AvgIpc) is 3.18. The summed E-state index contributed by atoms with van der Waals surface area (Å²) in [4.78, 5) is 11.8. The molecule has 0 aliphatic heterocycles. The molecule has 0 bridgehead atoms. The van der Waals surface area contributed by atoms with Gasteiger partial charge in [0.1, 0.15) is 17.8 Å². The van der Waals surface area contributed by atoms with Crippen LogP contribution in [-0.4, -0.2) is 44.0 Å². The van der Waals surface area contributed by atoms with Crippen LogP contribution in [-0.2, 0) is 4.79 Å². The first kappa shape index (κ1) is 17.5. The van der Waals surface area contributed by atoms with Crippen molar-refractivity contribution in [1.29, 1.82) is 0 Å². The third kappa shape index (κ3) is 4.63. The molecule has 0 unspecified atom stereocenters. The number of nitrogens with one attached hydrogen (secondary N) is 1. The monoisotopic (exact) mass is 416 g/mol. The van der Waals surface area contributed by atoms with Gasteiger partial charge in [-0.05, 0) is 52.9 Å². The Morgan fingerprint density at radius 1 is 1.31 bits per heavy atom. The Hall–Kier alpha value is -3.27. The van der Waals surface area contributed by atoms with Gasteiger partial charge in [-0.3, -0.25) is 4.79 Å². The molecule has 0 fully saturated rings. The average molecular weight is 417 g/mol. The molecule has 0 saturated heterocycles. The minimum absolute atomic E-state index is 0.0603. The van der Waals surface area contributed by atoms with Crippen molar-refractivity contribution in [2.45, 2.75) is 0 Å². The topological polar surface area (TPSA) is 115 Å². The van der Waals surface area contributed by atoms with Crippen molar-refractivity contribution in [1.82, 2.24) is 25.6 Å². The molecule has 0 saturated carbocycles. The van der Waals surface area contributed by atoms with Crippen molar-refractivity contribution >= 4 is 28.1 Å². The zero-order chi connectivity index (χ0) is 18.4. The lowest BCUT2D eigenvalue weighted by atomic mass is 10.2. The Morgan fingerprint density at radius 3 is 2.85 bits per heavy atom. The maximum atomic E-state index is 11.8. The predicted octanol–water partition coefficient (Wildman–Crippen LogP) is 1.66. The van der Waals surface area contributed by atoms with E-state index in [-0.39, 0.29) is 12.4 Å². The molecule has 2 N–H and O–H groups in total. The highest BCUT2D eigenvalue weighted by molar-refractivity contribution is 9.10. The van der Waals surface area contributed by atoms with Crippen LogP contribution in [0.4, 0.5) is 0 Å². The quantitative estimate of drug-likeness (QED) is 0.466. The van der Waals surface area contributed by atoms with Gasteiger partial charge >= 0.3 is 0 Å². The molecule has 1 amide bonds. The van der Waals surface area contributed by atoms with E-state index in [1.165, 1.54) is 23.3 Å². The standard InChI is InChI=1S/C16H13BrN6O3/c17-12-1-6-15(24)11(7-12)8-18-20-16(25)9-26-14-4-2-13(3-5-14)23-10-19-21-22-23/h1-8,10,24H,9H2,(H,20,25)/b18-8+. The van der Waals surface area contributed by atoms with Gasteiger partial charge in [-0.25, -0.2) is 10.1 Å². The van der Waals surface area contributed by atoms with Gasteiger partial charge in [0.05, 0.1) is 11.9 Å². The number of carbonyl (C=O) groups is 1. The highest BCUT2D eigenvalue weighted by Gasteiger charge is 2.04. The van der Waals surface area contributed by atoms with Crippen molar-refractivity contribution in [3.63, 3.8) is 0 Å². The zero-order valence-electron chi connectivity index (χ0n) is 13.3. The Kier molecular flexibility index (Phi) is 5.54. The van der Waals surface area contributed by atoms with Crippen LogP contribution < -0.4 is 10.2 Å². The molecule has 0 atom stereocenters. The van der Waals surface area contributed by atoms with Crippen molar-refractivity contribution < 1.29 is 14.6 Å².